The monoisotopic (exact) mass is 294 g/mol. The Labute approximate surface area is 130 Å². The molecule has 0 bridgehead atoms. The van der Waals surface area contributed by atoms with Crippen molar-refractivity contribution in [2.24, 2.45) is 5.92 Å². The Balaban J connectivity index is 1.47. The van der Waals surface area contributed by atoms with Crippen molar-refractivity contribution in [3.05, 3.63) is 35.4 Å². The van der Waals surface area contributed by atoms with Crippen molar-refractivity contribution >= 4 is 5.91 Å². The summed E-state index contributed by atoms with van der Waals surface area (Å²) >= 11 is 0. The lowest BCUT2D eigenvalue weighted by Gasteiger charge is -2.40. The Hall–Kier alpha value is -2.53. The number of benzene rings is 1. The predicted octanol–water partition coefficient (Wildman–Crippen LogP) is 1.68. The van der Waals surface area contributed by atoms with Gasteiger partial charge in [-0.2, -0.15) is 10.5 Å². The second kappa shape index (κ2) is 6.07. The molecule has 1 amide bonds. The van der Waals surface area contributed by atoms with Gasteiger partial charge in [0.2, 0.25) is 5.91 Å². The Morgan fingerprint density at radius 2 is 1.91 bits per heavy atom. The highest BCUT2D eigenvalue weighted by atomic mass is 16.2. The number of hydrogen-bond donors (Lipinski definition) is 0. The Kier molecular flexibility index (Phi) is 3.98. The maximum absolute atomic E-state index is 12.2. The van der Waals surface area contributed by atoms with Gasteiger partial charge in [-0.3, -0.25) is 4.79 Å². The molecule has 112 valence electrons. The minimum absolute atomic E-state index is 0.203. The summed E-state index contributed by atoms with van der Waals surface area (Å²) < 4.78 is 0. The smallest absolute Gasteiger partial charge is 0.222 e. The van der Waals surface area contributed by atoms with Crippen molar-refractivity contribution in [3.8, 4) is 12.3 Å². The van der Waals surface area contributed by atoms with Crippen LogP contribution in [0.2, 0.25) is 0 Å². The number of likely N-dealkylation sites (tertiary alicyclic amines) is 2. The first-order valence-corrected chi connectivity index (χ1v) is 7.62. The van der Waals surface area contributed by atoms with Crippen molar-refractivity contribution in [3.63, 3.8) is 0 Å². The van der Waals surface area contributed by atoms with E-state index in [9.17, 15) is 4.79 Å². The molecule has 0 radical (unpaired) electrons. The van der Waals surface area contributed by atoms with Crippen LogP contribution in [0.3, 0.4) is 0 Å². The second-order valence-electron chi connectivity index (χ2n) is 6.13. The Morgan fingerprint density at radius 1 is 1.18 bits per heavy atom. The van der Waals surface area contributed by atoms with Crippen LogP contribution in [0.1, 0.15) is 29.9 Å². The van der Waals surface area contributed by atoms with E-state index >= 15 is 0 Å². The molecule has 0 aliphatic carbocycles. The molecule has 2 heterocycles. The van der Waals surface area contributed by atoms with Crippen molar-refractivity contribution in [2.75, 3.05) is 26.2 Å². The molecule has 0 saturated carbocycles. The van der Waals surface area contributed by atoms with Gasteiger partial charge in [0.25, 0.3) is 0 Å². The molecule has 0 unspecified atom stereocenters. The lowest BCUT2D eigenvalue weighted by molar-refractivity contribution is -0.136. The molecule has 0 spiro atoms. The fourth-order valence-corrected chi connectivity index (χ4v) is 3.19. The first-order valence-electron chi connectivity index (χ1n) is 7.62. The summed E-state index contributed by atoms with van der Waals surface area (Å²) in [4.78, 5) is 15.9. The SMILES string of the molecule is N#Cc1ccc(C2CN(C(=O)C[C@H]3CCN(C#N)C3)C2)cc1. The number of amides is 1. The van der Waals surface area contributed by atoms with Crippen molar-refractivity contribution in [2.45, 2.75) is 18.8 Å². The number of nitrogens with zero attached hydrogens (tertiary/aromatic N) is 4. The number of hydrogen-bond acceptors (Lipinski definition) is 4. The van der Waals surface area contributed by atoms with Crippen LogP contribution in [-0.2, 0) is 4.79 Å². The van der Waals surface area contributed by atoms with E-state index in [1.165, 1.54) is 5.56 Å². The predicted molar refractivity (Wildman–Crippen MR) is 80.4 cm³/mol. The topological polar surface area (TPSA) is 71.1 Å². The molecule has 1 atom stereocenters. The molecule has 5 heteroatoms. The standard InChI is InChI=1S/C17H18N4O/c18-8-13-1-3-15(4-2-13)16-10-21(11-16)17(22)7-14-5-6-20(9-14)12-19/h1-4,14,16H,5-7,9-11H2/t14-/m1/s1. The summed E-state index contributed by atoms with van der Waals surface area (Å²) in [6.07, 6.45) is 3.64. The maximum atomic E-state index is 12.2. The fourth-order valence-electron chi connectivity index (χ4n) is 3.19. The molecule has 0 N–H and O–H groups in total. The first-order chi connectivity index (χ1) is 10.7. The normalized spacial score (nSPS) is 21.1. The first kappa shape index (κ1) is 14.4. The maximum Gasteiger partial charge on any atom is 0.222 e. The number of nitriles is 2. The average Bonchev–Trinajstić information content (AvgIpc) is 2.94. The molecule has 2 fully saturated rings. The van der Waals surface area contributed by atoms with E-state index in [-0.39, 0.29) is 5.91 Å². The minimum Gasteiger partial charge on any atom is -0.341 e. The van der Waals surface area contributed by atoms with Crippen LogP contribution in [-0.4, -0.2) is 41.9 Å². The molecule has 0 aromatic heterocycles. The fraction of sp³-hybridized carbons (Fsp3) is 0.471. The van der Waals surface area contributed by atoms with Crippen LogP contribution in [0, 0.1) is 28.7 Å². The highest BCUT2D eigenvalue weighted by Crippen LogP contribution is 2.29. The summed E-state index contributed by atoms with van der Waals surface area (Å²) in [6.45, 7) is 3.02. The van der Waals surface area contributed by atoms with Gasteiger partial charge in [0.15, 0.2) is 6.19 Å². The van der Waals surface area contributed by atoms with E-state index in [0.717, 1.165) is 32.6 Å². The van der Waals surface area contributed by atoms with Gasteiger partial charge in [-0.15, -0.1) is 0 Å². The van der Waals surface area contributed by atoms with Crippen LogP contribution < -0.4 is 0 Å². The molecule has 2 aliphatic rings. The van der Waals surface area contributed by atoms with E-state index in [4.69, 9.17) is 10.5 Å². The number of carbonyl (C=O) groups is 1. The second-order valence-corrected chi connectivity index (χ2v) is 6.13. The molecule has 3 rings (SSSR count). The molecule has 2 aliphatic heterocycles. The zero-order chi connectivity index (χ0) is 15.5. The van der Waals surface area contributed by atoms with Crippen LogP contribution in [0.25, 0.3) is 0 Å². The summed E-state index contributed by atoms with van der Waals surface area (Å²) in [5.41, 5.74) is 1.86. The highest BCUT2D eigenvalue weighted by molar-refractivity contribution is 5.77. The van der Waals surface area contributed by atoms with Gasteiger partial charge in [0.1, 0.15) is 0 Å². The molecule has 22 heavy (non-hydrogen) atoms. The van der Waals surface area contributed by atoms with E-state index < -0.39 is 0 Å². The zero-order valence-electron chi connectivity index (χ0n) is 12.4. The summed E-state index contributed by atoms with van der Waals surface area (Å²) in [5.74, 6) is 0.909. The lowest BCUT2D eigenvalue weighted by atomic mass is 9.90. The third kappa shape index (κ3) is 2.89. The summed E-state index contributed by atoms with van der Waals surface area (Å²) in [5, 5.41) is 17.6. The van der Waals surface area contributed by atoms with Gasteiger partial charge in [-0.05, 0) is 30.0 Å². The lowest BCUT2D eigenvalue weighted by Crippen LogP contribution is -2.48. The average molecular weight is 294 g/mol. The van der Waals surface area contributed by atoms with Crippen molar-refractivity contribution in [1.29, 1.82) is 10.5 Å². The zero-order valence-corrected chi connectivity index (χ0v) is 12.4. The molecular formula is C17H18N4O. The van der Waals surface area contributed by atoms with Gasteiger partial charge >= 0.3 is 0 Å². The molecular weight excluding hydrogens is 276 g/mol. The van der Waals surface area contributed by atoms with E-state index in [2.05, 4.69) is 12.3 Å². The minimum atomic E-state index is 0.203. The summed E-state index contributed by atoms with van der Waals surface area (Å²) in [7, 11) is 0. The molecule has 2 saturated heterocycles. The van der Waals surface area contributed by atoms with Crippen LogP contribution >= 0.6 is 0 Å². The molecule has 1 aromatic rings. The van der Waals surface area contributed by atoms with Gasteiger partial charge in [0.05, 0.1) is 11.6 Å². The third-order valence-electron chi connectivity index (χ3n) is 4.64. The van der Waals surface area contributed by atoms with E-state index in [1.54, 1.807) is 4.90 Å². The third-order valence-corrected chi connectivity index (χ3v) is 4.64. The molecule has 1 aromatic carbocycles. The van der Waals surface area contributed by atoms with E-state index in [0.29, 0.717) is 23.8 Å². The van der Waals surface area contributed by atoms with Gasteiger partial charge < -0.3 is 9.80 Å². The van der Waals surface area contributed by atoms with Gasteiger partial charge in [-0.1, -0.05) is 12.1 Å². The summed E-state index contributed by atoms with van der Waals surface area (Å²) in [6, 6.07) is 9.73. The van der Waals surface area contributed by atoms with Crippen LogP contribution in [0.4, 0.5) is 0 Å². The highest BCUT2D eigenvalue weighted by Gasteiger charge is 2.33. The van der Waals surface area contributed by atoms with E-state index in [1.807, 2.05) is 29.2 Å². The quantitative estimate of drug-likeness (QED) is 0.795. The van der Waals surface area contributed by atoms with Gasteiger partial charge in [0, 0.05) is 38.5 Å². The Bertz CT molecular complexity index is 634. The van der Waals surface area contributed by atoms with Crippen molar-refractivity contribution in [1.82, 2.24) is 9.80 Å². The van der Waals surface area contributed by atoms with Crippen LogP contribution in [0.5, 0.6) is 0 Å². The van der Waals surface area contributed by atoms with Gasteiger partial charge in [-0.25, -0.2) is 0 Å². The van der Waals surface area contributed by atoms with Crippen LogP contribution in [0.15, 0.2) is 24.3 Å². The van der Waals surface area contributed by atoms with Crippen molar-refractivity contribution < 1.29 is 4.79 Å². The molecule has 5 nitrogen and oxygen atoms in total. The largest absolute Gasteiger partial charge is 0.341 e. The Morgan fingerprint density at radius 3 is 2.50 bits per heavy atom. The number of rotatable bonds is 3. The number of carbonyl (C=O) groups excluding carboxylic acids is 1.